The van der Waals surface area contributed by atoms with Gasteiger partial charge in [0.25, 0.3) is 0 Å². The number of amides is 3. The Morgan fingerprint density at radius 2 is 1.94 bits per heavy atom. The maximum atomic E-state index is 10.6. The minimum atomic E-state index is -0.602. The van der Waals surface area contributed by atoms with Crippen molar-refractivity contribution in [2.24, 2.45) is 5.73 Å². The van der Waals surface area contributed by atoms with Gasteiger partial charge in [-0.25, -0.2) is 4.79 Å². The van der Waals surface area contributed by atoms with Crippen LogP contribution in [-0.4, -0.2) is 18.5 Å². The Morgan fingerprint density at radius 1 is 1.29 bits per heavy atom. The number of nitrogens with one attached hydrogen (secondary N) is 2. The van der Waals surface area contributed by atoms with E-state index in [-0.39, 0.29) is 5.91 Å². The van der Waals surface area contributed by atoms with E-state index < -0.39 is 6.03 Å². The molecule has 0 aliphatic carbocycles. The van der Waals surface area contributed by atoms with Gasteiger partial charge in [-0.2, -0.15) is 0 Å². The van der Waals surface area contributed by atoms with Crippen LogP contribution in [0.5, 0.6) is 0 Å². The van der Waals surface area contributed by atoms with Gasteiger partial charge in [0.2, 0.25) is 5.91 Å². The van der Waals surface area contributed by atoms with E-state index >= 15 is 0 Å². The van der Waals surface area contributed by atoms with E-state index in [1.54, 1.807) is 24.3 Å². The Labute approximate surface area is 99.4 Å². The molecule has 0 aromatic heterocycles. The van der Waals surface area contributed by atoms with Crippen molar-refractivity contribution in [2.45, 2.75) is 6.92 Å². The average Bonchev–Trinajstić information content (AvgIpc) is 2.25. The van der Waals surface area contributed by atoms with Gasteiger partial charge in [0.15, 0.2) is 0 Å². The smallest absolute Gasteiger partial charge is 0.316 e. The topological polar surface area (TPSA) is 84.2 Å². The van der Waals surface area contributed by atoms with Crippen LogP contribution in [0.4, 0.5) is 10.5 Å². The van der Waals surface area contributed by atoms with Gasteiger partial charge in [-0.05, 0) is 24.3 Å². The summed E-state index contributed by atoms with van der Waals surface area (Å²) in [6.07, 6.45) is 0. The fourth-order valence-electron chi connectivity index (χ4n) is 1.09. The summed E-state index contributed by atoms with van der Waals surface area (Å²) in [6.45, 7) is 1.75. The first-order valence-electron chi connectivity index (χ1n) is 4.98. The van der Waals surface area contributed by atoms with Crippen molar-refractivity contribution < 1.29 is 9.59 Å². The van der Waals surface area contributed by atoms with Crippen LogP contribution in [0, 0.1) is 11.8 Å². The van der Waals surface area contributed by atoms with Crippen molar-refractivity contribution in [3.8, 4) is 11.8 Å². The molecule has 0 spiro atoms. The number of primary amides is 1. The predicted molar refractivity (Wildman–Crippen MR) is 65.2 cm³/mol. The van der Waals surface area contributed by atoms with Crippen LogP contribution in [-0.2, 0) is 4.79 Å². The van der Waals surface area contributed by atoms with Crippen molar-refractivity contribution in [3.63, 3.8) is 0 Å². The third-order valence-corrected chi connectivity index (χ3v) is 1.81. The van der Waals surface area contributed by atoms with E-state index in [2.05, 4.69) is 22.5 Å². The van der Waals surface area contributed by atoms with Crippen molar-refractivity contribution in [3.05, 3.63) is 29.8 Å². The highest BCUT2D eigenvalue weighted by Gasteiger charge is 1.94. The summed E-state index contributed by atoms with van der Waals surface area (Å²) in [6, 6.07) is 6.31. The summed E-state index contributed by atoms with van der Waals surface area (Å²) in [5.74, 6) is 5.56. The summed E-state index contributed by atoms with van der Waals surface area (Å²) in [4.78, 5) is 21.1. The second-order valence-corrected chi connectivity index (χ2v) is 3.28. The molecule has 0 aliphatic heterocycles. The zero-order chi connectivity index (χ0) is 12.7. The summed E-state index contributed by atoms with van der Waals surface area (Å²) in [5.41, 5.74) is 6.38. The summed E-state index contributed by atoms with van der Waals surface area (Å²) in [7, 11) is 0. The molecule has 0 saturated carbocycles. The van der Waals surface area contributed by atoms with Gasteiger partial charge in [-0.15, -0.1) is 0 Å². The van der Waals surface area contributed by atoms with Crippen molar-refractivity contribution in [1.29, 1.82) is 0 Å². The molecule has 0 heterocycles. The van der Waals surface area contributed by atoms with E-state index in [1.165, 1.54) is 6.92 Å². The molecule has 0 radical (unpaired) electrons. The molecule has 1 aromatic rings. The van der Waals surface area contributed by atoms with Crippen LogP contribution < -0.4 is 16.4 Å². The molecule has 1 rings (SSSR count). The molecule has 5 heteroatoms. The van der Waals surface area contributed by atoms with Gasteiger partial charge in [0.05, 0.1) is 6.54 Å². The standard InChI is InChI=1S/C12H13N3O2/c1-9(16)14-8-2-3-10-4-6-11(7-5-10)15-12(13)17/h4-7H,8H2,1H3,(H,14,16)(H3,13,15,17). The highest BCUT2D eigenvalue weighted by molar-refractivity contribution is 5.87. The lowest BCUT2D eigenvalue weighted by atomic mass is 10.2. The minimum absolute atomic E-state index is 0.111. The van der Waals surface area contributed by atoms with E-state index in [4.69, 9.17) is 5.73 Å². The number of anilines is 1. The molecule has 17 heavy (non-hydrogen) atoms. The number of benzene rings is 1. The molecule has 0 unspecified atom stereocenters. The SMILES string of the molecule is CC(=O)NCC#Cc1ccc(NC(N)=O)cc1. The molecule has 0 bridgehead atoms. The molecule has 0 saturated heterocycles. The van der Waals surface area contributed by atoms with E-state index in [1.807, 2.05) is 0 Å². The van der Waals surface area contributed by atoms with Crippen molar-refractivity contribution in [1.82, 2.24) is 5.32 Å². The van der Waals surface area contributed by atoms with Gasteiger partial charge < -0.3 is 16.4 Å². The van der Waals surface area contributed by atoms with Crippen LogP contribution in [0.1, 0.15) is 12.5 Å². The Bertz CT molecular complexity index is 469. The van der Waals surface area contributed by atoms with E-state index in [9.17, 15) is 9.59 Å². The van der Waals surface area contributed by atoms with E-state index in [0.29, 0.717) is 12.2 Å². The summed E-state index contributed by atoms with van der Waals surface area (Å²) < 4.78 is 0. The second kappa shape index (κ2) is 6.18. The number of rotatable bonds is 2. The average molecular weight is 231 g/mol. The Balaban J connectivity index is 2.55. The van der Waals surface area contributed by atoms with Crippen LogP contribution in [0.15, 0.2) is 24.3 Å². The predicted octanol–water partition coefficient (Wildman–Crippen LogP) is 0.665. The van der Waals surface area contributed by atoms with Gasteiger partial charge in [0, 0.05) is 18.2 Å². The molecule has 3 amide bonds. The maximum absolute atomic E-state index is 10.6. The zero-order valence-electron chi connectivity index (χ0n) is 9.41. The largest absolute Gasteiger partial charge is 0.351 e. The highest BCUT2D eigenvalue weighted by Crippen LogP contribution is 2.07. The number of hydrogen-bond donors (Lipinski definition) is 3. The second-order valence-electron chi connectivity index (χ2n) is 3.28. The van der Waals surface area contributed by atoms with Gasteiger partial charge >= 0.3 is 6.03 Å². The maximum Gasteiger partial charge on any atom is 0.316 e. The first-order chi connectivity index (χ1) is 8.08. The van der Waals surface area contributed by atoms with Crippen LogP contribution in [0.25, 0.3) is 0 Å². The Hall–Kier alpha value is -2.48. The number of urea groups is 1. The molecular weight excluding hydrogens is 218 g/mol. The summed E-state index contributed by atoms with van der Waals surface area (Å²) >= 11 is 0. The normalized spacial score (nSPS) is 8.76. The number of hydrogen-bond acceptors (Lipinski definition) is 2. The fraction of sp³-hybridized carbons (Fsp3) is 0.167. The first kappa shape index (κ1) is 12.6. The zero-order valence-corrected chi connectivity index (χ0v) is 9.41. The van der Waals surface area contributed by atoms with Crippen molar-refractivity contribution >= 4 is 17.6 Å². The monoisotopic (exact) mass is 231 g/mol. The number of carbonyl (C=O) groups excluding carboxylic acids is 2. The lowest BCUT2D eigenvalue weighted by Crippen LogP contribution is -2.19. The molecule has 88 valence electrons. The van der Waals surface area contributed by atoms with Crippen LogP contribution in [0.3, 0.4) is 0 Å². The molecule has 1 aromatic carbocycles. The molecule has 0 fully saturated rings. The Kier molecular flexibility index (Phi) is 4.58. The third kappa shape index (κ3) is 5.23. The minimum Gasteiger partial charge on any atom is -0.351 e. The first-order valence-corrected chi connectivity index (χ1v) is 4.98. The molecular formula is C12H13N3O2. The van der Waals surface area contributed by atoms with Crippen LogP contribution in [0.2, 0.25) is 0 Å². The molecule has 4 N–H and O–H groups in total. The van der Waals surface area contributed by atoms with Gasteiger partial charge in [0.1, 0.15) is 0 Å². The molecule has 5 nitrogen and oxygen atoms in total. The lowest BCUT2D eigenvalue weighted by molar-refractivity contribution is -0.118. The lowest BCUT2D eigenvalue weighted by Gasteiger charge is -2.00. The van der Waals surface area contributed by atoms with Crippen LogP contribution >= 0.6 is 0 Å². The summed E-state index contributed by atoms with van der Waals surface area (Å²) in [5, 5.41) is 5.02. The molecule has 0 aliphatic rings. The van der Waals surface area contributed by atoms with E-state index in [0.717, 1.165) is 5.56 Å². The number of nitrogens with two attached hydrogens (primary N) is 1. The number of carbonyl (C=O) groups is 2. The third-order valence-electron chi connectivity index (χ3n) is 1.81. The van der Waals surface area contributed by atoms with Crippen molar-refractivity contribution in [2.75, 3.05) is 11.9 Å². The quantitative estimate of drug-likeness (QED) is 0.653. The Morgan fingerprint density at radius 3 is 2.47 bits per heavy atom. The molecule has 0 atom stereocenters. The van der Waals surface area contributed by atoms with Gasteiger partial charge in [-0.1, -0.05) is 11.8 Å². The fourth-order valence-corrected chi connectivity index (χ4v) is 1.09. The van der Waals surface area contributed by atoms with Gasteiger partial charge in [-0.3, -0.25) is 4.79 Å². The highest BCUT2D eigenvalue weighted by atomic mass is 16.2.